The topological polar surface area (TPSA) is 66.4 Å². The van der Waals surface area contributed by atoms with E-state index >= 15 is 0 Å². The molecule has 3 aromatic heterocycles. The molecule has 4 aromatic rings. The molecule has 152 valence electrons. The highest BCUT2D eigenvalue weighted by atomic mass is 16.5. The summed E-state index contributed by atoms with van der Waals surface area (Å²) in [5, 5.41) is 0.822. The fourth-order valence-corrected chi connectivity index (χ4v) is 3.34. The zero-order valence-corrected chi connectivity index (χ0v) is 17.7. The highest BCUT2D eigenvalue weighted by molar-refractivity contribution is 5.88. The fraction of sp³-hybridized carbons (Fsp3) is 0.208. The van der Waals surface area contributed by atoms with Crippen LogP contribution in [0.4, 0.5) is 0 Å². The Morgan fingerprint density at radius 2 is 1.50 bits per heavy atom. The Labute approximate surface area is 175 Å². The fourth-order valence-electron chi connectivity index (χ4n) is 3.34. The molecule has 6 nitrogen and oxygen atoms in total. The van der Waals surface area contributed by atoms with Crippen LogP contribution in [0, 0.1) is 20.8 Å². The van der Waals surface area contributed by atoms with E-state index in [0.29, 0.717) is 23.0 Å². The van der Waals surface area contributed by atoms with Crippen molar-refractivity contribution in [2.24, 2.45) is 0 Å². The second kappa shape index (κ2) is 7.99. The molecule has 0 atom stereocenters. The molecule has 0 saturated carbocycles. The number of benzene rings is 1. The predicted octanol–water partition coefficient (Wildman–Crippen LogP) is 5.43. The van der Waals surface area contributed by atoms with E-state index in [1.54, 1.807) is 26.6 Å². The van der Waals surface area contributed by atoms with Crippen molar-refractivity contribution in [3.05, 3.63) is 65.7 Å². The maximum atomic E-state index is 6.41. The SMILES string of the molecule is COc1cc2nccc(Oc3cc(C)c(C)nc3-c3cccnc3C)c2cc1OC. The third kappa shape index (κ3) is 3.52. The highest BCUT2D eigenvalue weighted by Gasteiger charge is 2.17. The van der Waals surface area contributed by atoms with Gasteiger partial charge >= 0.3 is 0 Å². The first-order chi connectivity index (χ1) is 14.5. The molecule has 30 heavy (non-hydrogen) atoms. The Kier molecular flexibility index (Phi) is 5.23. The Balaban J connectivity index is 1.88. The summed E-state index contributed by atoms with van der Waals surface area (Å²) < 4.78 is 17.3. The number of fused-ring (bicyclic) bond motifs is 1. The van der Waals surface area contributed by atoms with Crippen molar-refractivity contribution >= 4 is 10.9 Å². The molecular formula is C24H23N3O3. The van der Waals surface area contributed by atoms with Crippen molar-refractivity contribution < 1.29 is 14.2 Å². The van der Waals surface area contributed by atoms with Crippen LogP contribution in [0.15, 0.2) is 48.8 Å². The molecule has 3 heterocycles. The highest BCUT2D eigenvalue weighted by Crippen LogP contribution is 2.39. The van der Waals surface area contributed by atoms with E-state index in [-0.39, 0.29) is 0 Å². The molecule has 0 unspecified atom stereocenters. The van der Waals surface area contributed by atoms with Crippen LogP contribution in [0.3, 0.4) is 0 Å². The van der Waals surface area contributed by atoms with Gasteiger partial charge in [0.2, 0.25) is 0 Å². The first-order valence-electron chi connectivity index (χ1n) is 9.60. The summed E-state index contributed by atoms with van der Waals surface area (Å²) >= 11 is 0. The van der Waals surface area contributed by atoms with Gasteiger partial charge in [-0.15, -0.1) is 0 Å². The van der Waals surface area contributed by atoms with Crippen molar-refractivity contribution in [3.8, 4) is 34.3 Å². The van der Waals surface area contributed by atoms with Gasteiger partial charge in [-0.25, -0.2) is 4.98 Å². The van der Waals surface area contributed by atoms with Gasteiger partial charge in [0, 0.05) is 40.8 Å². The summed E-state index contributed by atoms with van der Waals surface area (Å²) in [4.78, 5) is 13.7. The van der Waals surface area contributed by atoms with Crippen LogP contribution < -0.4 is 14.2 Å². The van der Waals surface area contributed by atoms with Crippen LogP contribution in [0.25, 0.3) is 22.2 Å². The van der Waals surface area contributed by atoms with Crippen LogP contribution in [0.1, 0.15) is 17.0 Å². The molecule has 0 amide bonds. The van der Waals surface area contributed by atoms with Gasteiger partial charge in [-0.1, -0.05) is 0 Å². The molecule has 0 aliphatic carbocycles. The molecule has 0 N–H and O–H groups in total. The minimum atomic E-state index is 0.615. The predicted molar refractivity (Wildman–Crippen MR) is 117 cm³/mol. The lowest BCUT2D eigenvalue weighted by molar-refractivity contribution is 0.355. The van der Waals surface area contributed by atoms with Gasteiger partial charge in [0.15, 0.2) is 17.2 Å². The lowest BCUT2D eigenvalue weighted by Crippen LogP contribution is -1.99. The van der Waals surface area contributed by atoms with Gasteiger partial charge in [-0.2, -0.15) is 0 Å². The minimum Gasteiger partial charge on any atom is -0.493 e. The molecule has 4 rings (SSSR count). The van der Waals surface area contributed by atoms with Gasteiger partial charge in [-0.3, -0.25) is 9.97 Å². The maximum Gasteiger partial charge on any atom is 0.162 e. The third-order valence-electron chi connectivity index (χ3n) is 5.12. The molecule has 0 aliphatic rings. The maximum absolute atomic E-state index is 6.41. The van der Waals surface area contributed by atoms with E-state index < -0.39 is 0 Å². The summed E-state index contributed by atoms with van der Waals surface area (Å²) in [6, 6.07) is 11.5. The van der Waals surface area contributed by atoms with E-state index in [9.17, 15) is 0 Å². The molecule has 6 heteroatoms. The first kappa shape index (κ1) is 19.6. The second-order valence-corrected chi connectivity index (χ2v) is 7.01. The van der Waals surface area contributed by atoms with Crippen LogP contribution in [0.2, 0.25) is 0 Å². The Bertz CT molecular complexity index is 1240. The summed E-state index contributed by atoms with van der Waals surface area (Å²) in [6.07, 6.45) is 3.49. The van der Waals surface area contributed by atoms with Crippen LogP contribution in [0.5, 0.6) is 23.0 Å². The van der Waals surface area contributed by atoms with Gasteiger partial charge in [0.05, 0.1) is 19.7 Å². The van der Waals surface area contributed by atoms with Gasteiger partial charge in [0.1, 0.15) is 11.4 Å². The van der Waals surface area contributed by atoms with E-state index in [1.807, 2.05) is 57.2 Å². The van der Waals surface area contributed by atoms with Crippen molar-refractivity contribution in [2.75, 3.05) is 14.2 Å². The summed E-state index contributed by atoms with van der Waals surface area (Å²) in [6.45, 7) is 5.98. The molecule has 0 spiro atoms. The van der Waals surface area contributed by atoms with Crippen molar-refractivity contribution in [1.82, 2.24) is 15.0 Å². The zero-order chi connectivity index (χ0) is 21.3. The average Bonchev–Trinajstić information content (AvgIpc) is 2.76. The molecule has 0 aliphatic heterocycles. The number of methoxy groups -OCH3 is 2. The normalized spacial score (nSPS) is 10.8. The van der Waals surface area contributed by atoms with Gasteiger partial charge in [0.25, 0.3) is 0 Å². The number of hydrogen-bond donors (Lipinski definition) is 0. The van der Waals surface area contributed by atoms with Crippen LogP contribution in [-0.4, -0.2) is 29.2 Å². The number of ether oxygens (including phenoxy) is 3. The summed E-state index contributed by atoms with van der Waals surface area (Å²) in [7, 11) is 3.21. The molecule has 0 bridgehead atoms. The molecule has 1 aromatic carbocycles. The minimum absolute atomic E-state index is 0.615. The lowest BCUT2D eigenvalue weighted by atomic mass is 10.1. The molecule has 0 saturated heterocycles. The Morgan fingerprint density at radius 1 is 0.733 bits per heavy atom. The van der Waals surface area contributed by atoms with Gasteiger partial charge in [-0.05, 0) is 56.7 Å². The molecule has 0 fully saturated rings. The Morgan fingerprint density at radius 3 is 2.23 bits per heavy atom. The van der Waals surface area contributed by atoms with E-state index in [4.69, 9.17) is 19.2 Å². The number of aromatic nitrogens is 3. The number of hydrogen-bond acceptors (Lipinski definition) is 6. The quantitative estimate of drug-likeness (QED) is 0.444. The largest absolute Gasteiger partial charge is 0.493 e. The third-order valence-corrected chi connectivity index (χ3v) is 5.12. The zero-order valence-electron chi connectivity index (χ0n) is 17.7. The first-order valence-corrected chi connectivity index (χ1v) is 9.60. The van der Waals surface area contributed by atoms with E-state index in [0.717, 1.165) is 39.1 Å². The Hall–Kier alpha value is -3.67. The molecule has 0 radical (unpaired) electrons. The number of aryl methyl sites for hydroxylation is 3. The summed E-state index contributed by atoms with van der Waals surface area (Å²) in [5.74, 6) is 2.56. The monoisotopic (exact) mass is 401 g/mol. The average molecular weight is 401 g/mol. The van der Waals surface area contributed by atoms with Crippen molar-refractivity contribution in [2.45, 2.75) is 20.8 Å². The molecular weight excluding hydrogens is 378 g/mol. The van der Waals surface area contributed by atoms with Crippen molar-refractivity contribution in [3.63, 3.8) is 0 Å². The second-order valence-electron chi connectivity index (χ2n) is 7.01. The van der Waals surface area contributed by atoms with Crippen LogP contribution in [-0.2, 0) is 0 Å². The summed E-state index contributed by atoms with van der Waals surface area (Å²) in [5.41, 5.74) is 5.34. The number of rotatable bonds is 5. The van der Waals surface area contributed by atoms with Gasteiger partial charge < -0.3 is 14.2 Å². The van der Waals surface area contributed by atoms with E-state index in [2.05, 4.69) is 9.97 Å². The standard InChI is InChI=1S/C24H23N3O3/c1-14-11-23(24(27-15(14)2)17-7-6-9-25-16(17)3)30-20-8-10-26-19-13-22(29-5)21(28-4)12-18(19)20/h6-13H,1-5H3. The van der Waals surface area contributed by atoms with Crippen LogP contribution >= 0.6 is 0 Å². The van der Waals surface area contributed by atoms with Crippen molar-refractivity contribution in [1.29, 1.82) is 0 Å². The smallest absolute Gasteiger partial charge is 0.162 e. The van der Waals surface area contributed by atoms with E-state index in [1.165, 1.54) is 0 Å². The number of pyridine rings is 3. The lowest BCUT2D eigenvalue weighted by Gasteiger charge is -2.16. The number of nitrogens with zero attached hydrogens (tertiary/aromatic N) is 3.